The molecule has 0 spiro atoms. The predicted octanol–water partition coefficient (Wildman–Crippen LogP) is 5.92. The van der Waals surface area contributed by atoms with Crippen LogP contribution in [-0.4, -0.2) is 10.2 Å². The molecule has 0 amide bonds. The van der Waals surface area contributed by atoms with E-state index < -0.39 is 0 Å². The second-order valence-electron chi connectivity index (χ2n) is 6.59. The van der Waals surface area contributed by atoms with Crippen LogP contribution in [0.5, 0.6) is 0 Å². The number of benzene rings is 3. The summed E-state index contributed by atoms with van der Waals surface area (Å²) in [7, 11) is 0. The highest BCUT2D eigenvalue weighted by atomic mass is 35.5. The van der Waals surface area contributed by atoms with E-state index in [-0.39, 0.29) is 0 Å². The Morgan fingerprint density at radius 3 is 2.54 bits per heavy atom. The molecule has 5 rings (SSSR count). The highest BCUT2D eigenvalue weighted by molar-refractivity contribution is 6.30. The number of H-pyrrole nitrogens is 1. The number of hydrogen-bond acceptors (Lipinski definition) is 1. The zero-order valence-corrected chi connectivity index (χ0v) is 14.0. The molecule has 0 radical (unpaired) electrons. The van der Waals surface area contributed by atoms with Gasteiger partial charge in [-0.05, 0) is 83.0 Å². The van der Waals surface area contributed by atoms with Gasteiger partial charge in [0.15, 0.2) is 0 Å². The summed E-state index contributed by atoms with van der Waals surface area (Å²) in [5.74, 6) is 0. The van der Waals surface area contributed by atoms with E-state index in [9.17, 15) is 0 Å². The molecule has 0 aliphatic heterocycles. The van der Waals surface area contributed by atoms with Crippen molar-refractivity contribution in [1.29, 1.82) is 0 Å². The Balaban J connectivity index is 1.88. The Bertz CT molecular complexity index is 1060. The lowest BCUT2D eigenvalue weighted by molar-refractivity contribution is 0.691. The molecule has 0 saturated carbocycles. The molecule has 3 aromatic carbocycles. The maximum atomic E-state index is 6.08. The number of halogens is 1. The molecular weight excluding hydrogens is 316 g/mol. The van der Waals surface area contributed by atoms with Crippen LogP contribution in [-0.2, 0) is 12.8 Å². The Hall–Kier alpha value is -2.32. The lowest BCUT2D eigenvalue weighted by Crippen LogP contribution is -2.06. The maximum Gasteiger partial charge on any atom is 0.0656 e. The van der Waals surface area contributed by atoms with E-state index in [1.54, 1.807) is 0 Å². The van der Waals surface area contributed by atoms with Gasteiger partial charge in [-0.3, -0.25) is 5.10 Å². The second-order valence-corrected chi connectivity index (χ2v) is 7.03. The first-order valence-electron chi connectivity index (χ1n) is 8.48. The van der Waals surface area contributed by atoms with Crippen LogP contribution in [0.3, 0.4) is 0 Å². The molecule has 2 nitrogen and oxygen atoms in total. The number of fused-ring (bicyclic) bond motifs is 5. The molecule has 1 aliphatic carbocycles. The number of rotatable bonds is 1. The van der Waals surface area contributed by atoms with Crippen molar-refractivity contribution in [2.75, 3.05) is 0 Å². The van der Waals surface area contributed by atoms with E-state index in [4.69, 9.17) is 11.6 Å². The monoisotopic (exact) mass is 332 g/mol. The zero-order chi connectivity index (χ0) is 16.1. The third kappa shape index (κ3) is 2.06. The summed E-state index contributed by atoms with van der Waals surface area (Å²) in [5.41, 5.74) is 6.75. The minimum absolute atomic E-state index is 0.786. The number of aromatic nitrogens is 2. The normalized spacial score (nSPS) is 14.2. The summed E-state index contributed by atoms with van der Waals surface area (Å²) in [6.45, 7) is 0. The molecule has 1 aromatic heterocycles. The van der Waals surface area contributed by atoms with Crippen LogP contribution in [0, 0.1) is 0 Å². The quantitative estimate of drug-likeness (QED) is 0.461. The first-order chi connectivity index (χ1) is 11.8. The van der Waals surface area contributed by atoms with Gasteiger partial charge in [-0.1, -0.05) is 29.8 Å². The molecule has 0 fully saturated rings. The van der Waals surface area contributed by atoms with E-state index in [0.717, 1.165) is 23.4 Å². The summed E-state index contributed by atoms with van der Waals surface area (Å²) in [6, 6.07) is 14.9. The average Bonchev–Trinajstić information content (AvgIpc) is 3.10. The van der Waals surface area contributed by atoms with Gasteiger partial charge in [0.05, 0.1) is 11.7 Å². The minimum atomic E-state index is 0.786. The van der Waals surface area contributed by atoms with E-state index in [1.807, 2.05) is 18.3 Å². The molecule has 3 heteroatoms. The average molecular weight is 333 g/mol. The third-order valence-corrected chi connectivity index (χ3v) is 5.46. The van der Waals surface area contributed by atoms with E-state index in [2.05, 4.69) is 40.5 Å². The molecule has 1 N–H and O–H groups in total. The topological polar surface area (TPSA) is 28.7 Å². The molecular formula is C21H17ClN2. The summed E-state index contributed by atoms with van der Waals surface area (Å²) in [6.07, 6.45) is 6.80. The van der Waals surface area contributed by atoms with Crippen molar-refractivity contribution in [2.45, 2.75) is 25.7 Å². The molecule has 0 atom stereocenters. The molecule has 1 aliphatic rings. The van der Waals surface area contributed by atoms with Crippen LogP contribution in [0.2, 0.25) is 5.02 Å². The van der Waals surface area contributed by atoms with E-state index >= 15 is 0 Å². The Labute approximate surface area is 145 Å². The van der Waals surface area contributed by atoms with Crippen LogP contribution in [0.25, 0.3) is 32.8 Å². The number of hydrogen-bond donors (Lipinski definition) is 1. The molecule has 1 heterocycles. The summed E-state index contributed by atoms with van der Waals surface area (Å²) in [5, 5.41) is 12.1. The zero-order valence-electron chi connectivity index (χ0n) is 13.3. The largest absolute Gasteiger partial charge is 0.278 e. The third-order valence-electron chi connectivity index (χ3n) is 5.21. The lowest BCUT2D eigenvalue weighted by atomic mass is 9.82. The van der Waals surface area contributed by atoms with Crippen LogP contribution in [0.15, 0.2) is 48.7 Å². The van der Waals surface area contributed by atoms with Gasteiger partial charge in [-0.25, -0.2) is 0 Å². The summed E-state index contributed by atoms with van der Waals surface area (Å²) >= 11 is 6.08. The Morgan fingerprint density at radius 2 is 1.71 bits per heavy atom. The van der Waals surface area contributed by atoms with Gasteiger partial charge in [0.25, 0.3) is 0 Å². The first-order valence-corrected chi connectivity index (χ1v) is 8.85. The van der Waals surface area contributed by atoms with E-state index in [0.29, 0.717) is 0 Å². The summed E-state index contributed by atoms with van der Waals surface area (Å²) < 4.78 is 0. The Morgan fingerprint density at radius 1 is 0.917 bits per heavy atom. The smallest absolute Gasteiger partial charge is 0.0656 e. The van der Waals surface area contributed by atoms with E-state index in [1.165, 1.54) is 51.3 Å². The number of nitrogens with zero attached hydrogens (tertiary/aromatic N) is 1. The van der Waals surface area contributed by atoms with Crippen molar-refractivity contribution < 1.29 is 0 Å². The number of aryl methyl sites for hydroxylation is 1. The predicted molar refractivity (Wildman–Crippen MR) is 101 cm³/mol. The van der Waals surface area contributed by atoms with Gasteiger partial charge in [-0.2, -0.15) is 5.10 Å². The van der Waals surface area contributed by atoms with Crippen LogP contribution in [0.4, 0.5) is 0 Å². The number of aromatic amines is 1. The Kier molecular flexibility index (Phi) is 3.14. The second kappa shape index (κ2) is 5.35. The molecule has 118 valence electrons. The van der Waals surface area contributed by atoms with Gasteiger partial charge in [0.1, 0.15) is 0 Å². The maximum absolute atomic E-state index is 6.08. The van der Waals surface area contributed by atoms with Crippen molar-refractivity contribution in [2.24, 2.45) is 0 Å². The van der Waals surface area contributed by atoms with Crippen molar-refractivity contribution in [3.63, 3.8) is 0 Å². The fourth-order valence-corrected chi connectivity index (χ4v) is 4.23. The van der Waals surface area contributed by atoms with Gasteiger partial charge >= 0.3 is 0 Å². The molecule has 0 saturated heterocycles. The van der Waals surface area contributed by atoms with Crippen molar-refractivity contribution in [3.05, 3.63) is 64.8 Å². The van der Waals surface area contributed by atoms with Crippen LogP contribution >= 0.6 is 11.6 Å². The lowest BCUT2D eigenvalue weighted by Gasteiger charge is -2.22. The molecule has 0 unspecified atom stereocenters. The van der Waals surface area contributed by atoms with Crippen LogP contribution < -0.4 is 0 Å². The minimum Gasteiger partial charge on any atom is -0.278 e. The van der Waals surface area contributed by atoms with Gasteiger partial charge < -0.3 is 0 Å². The highest BCUT2D eigenvalue weighted by Gasteiger charge is 2.19. The SMILES string of the molecule is Clc1ccc(-c2cc3ccc4[nH]ncc4c3c3c2CCCC3)cc1. The van der Waals surface area contributed by atoms with Crippen molar-refractivity contribution >= 4 is 33.3 Å². The molecule has 0 bridgehead atoms. The van der Waals surface area contributed by atoms with Crippen molar-refractivity contribution in [3.8, 4) is 11.1 Å². The van der Waals surface area contributed by atoms with Crippen LogP contribution in [0.1, 0.15) is 24.0 Å². The van der Waals surface area contributed by atoms with Gasteiger partial charge in [-0.15, -0.1) is 0 Å². The first kappa shape index (κ1) is 14.1. The standard InChI is InChI=1S/C21H17ClN2/c22-15-8-5-13(6-9-15)18-11-14-7-10-20-19(12-23-24-20)21(14)17-4-2-1-3-16(17)18/h5-12H,1-4H2,(H,23,24). The molecule has 4 aromatic rings. The van der Waals surface area contributed by atoms with Gasteiger partial charge in [0, 0.05) is 10.4 Å². The summed E-state index contributed by atoms with van der Waals surface area (Å²) in [4.78, 5) is 0. The highest BCUT2D eigenvalue weighted by Crippen LogP contribution is 2.39. The van der Waals surface area contributed by atoms with Gasteiger partial charge in [0.2, 0.25) is 0 Å². The molecule has 24 heavy (non-hydrogen) atoms. The number of nitrogens with one attached hydrogen (secondary N) is 1. The fourth-order valence-electron chi connectivity index (χ4n) is 4.10. The fraction of sp³-hybridized carbons (Fsp3) is 0.190. The van der Waals surface area contributed by atoms with Crippen molar-refractivity contribution in [1.82, 2.24) is 10.2 Å².